The number of nitrogens with one attached hydrogen (secondary N) is 1. The Bertz CT molecular complexity index is 742. The van der Waals surface area contributed by atoms with E-state index < -0.39 is 0 Å². The molecule has 0 spiro atoms. The van der Waals surface area contributed by atoms with Crippen LogP contribution in [0.2, 0.25) is 0 Å². The Balaban J connectivity index is 2.14. The van der Waals surface area contributed by atoms with Crippen molar-refractivity contribution in [2.24, 2.45) is 0 Å². The monoisotopic (exact) mass is 271 g/mol. The third-order valence-corrected chi connectivity index (χ3v) is 3.25. The largest absolute Gasteiger partial charge is 0.497 e. The molecular formula is C16H14FNO2. The summed E-state index contributed by atoms with van der Waals surface area (Å²) >= 11 is 0. The maximum absolute atomic E-state index is 13.2. The van der Waals surface area contributed by atoms with Crippen LogP contribution in [0.25, 0.3) is 22.2 Å². The van der Waals surface area contributed by atoms with Crippen molar-refractivity contribution in [2.75, 3.05) is 14.2 Å². The van der Waals surface area contributed by atoms with Gasteiger partial charge in [0.25, 0.3) is 0 Å². The molecule has 102 valence electrons. The number of methoxy groups -OCH3 is 2. The molecule has 0 unspecified atom stereocenters. The molecule has 2 aromatic carbocycles. The van der Waals surface area contributed by atoms with E-state index in [1.807, 2.05) is 24.3 Å². The summed E-state index contributed by atoms with van der Waals surface area (Å²) in [6, 6.07) is 12.3. The van der Waals surface area contributed by atoms with E-state index in [1.165, 1.54) is 12.1 Å². The second kappa shape index (κ2) is 4.89. The van der Waals surface area contributed by atoms with Crippen molar-refractivity contribution in [1.29, 1.82) is 0 Å². The zero-order valence-corrected chi connectivity index (χ0v) is 11.2. The molecular weight excluding hydrogens is 257 g/mol. The molecule has 0 saturated heterocycles. The summed E-state index contributed by atoms with van der Waals surface area (Å²) in [4.78, 5) is 3.20. The molecule has 3 rings (SSSR count). The highest BCUT2D eigenvalue weighted by atomic mass is 19.1. The van der Waals surface area contributed by atoms with Crippen LogP contribution in [-0.4, -0.2) is 19.2 Å². The molecule has 20 heavy (non-hydrogen) atoms. The number of aromatic amines is 1. The van der Waals surface area contributed by atoms with Crippen LogP contribution in [0.1, 0.15) is 0 Å². The highest BCUT2D eigenvalue weighted by molar-refractivity contribution is 5.86. The first-order valence-electron chi connectivity index (χ1n) is 6.21. The van der Waals surface area contributed by atoms with E-state index in [9.17, 15) is 4.39 Å². The van der Waals surface area contributed by atoms with Crippen LogP contribution in [-0.2, 0) is 0 Å². The number of aromatic nitrogens is 1. The van der Waals surface area contributed by atoms with E-state index >= 15 is 0 Å². The lowest BCUT2D eigenvalue weighted by molar-refractivity contribution is 0.394. The smallest absolute Gasteiger partial charge is 0.125 e. The Labute approximate surface area is 116 Å². The molecule has 0 aliphatic heterocycles. The minimum Gasteiger partial charge on any atom is -0.497 e. The fourth-order valence-corrected chi connectivity index (χ4v) is 2.22. The average molecular weight is 271 g/mol. The van der Waals surface area contributed by atoms with Crippen molar-refractivity contribution in [3.8, 4) is 22.8 Å². The van der Waals surface area contributed by atoms with E-state index in [4.69, 9.17) is 9.47 Å². The highest BCUT2D eigenvalue weighted by Crippen LogP contribution is 2.31. The Hall–Kier alpha value is -2.49. The fourth-order valence-electron chi connectivity index (χ4n) is 2.22. The van der Waals surface area contributed by atoms with Gasteiger partial charge in [0.1, 0.15) is 17.3 Å². The molecule has 0 atom stereocenters. The number of hydrogen-bond acceptors (Lipinski definition) is 2. The minimum atomic E-state index is -0.255. The summed E-state index contributed by atoms with van der Waals surface area (Å²) in [5, 5.41) is 0.961. The van der Waals surface area contributed by atoms with Gasteiger partial charge in [-0.25, -0.2) is 4.39 Å². The zero-order chi connectivity index (χ0) is 14.1. The van der Waals surface area contributed by atoms with Gasteiger partial charge in [-0.1, -0.05) is 0 Å². The van der Waals surface area contributed by atoms with E-state index in [2.05, 4.69) is 4.98 Å². The second-order valence-electron chi connectivity index (χ2n) is 4.52. The third-order valence-electron chi connectivity index (χ3n) is 3.25. The maximum Gasteiger partial charge on any atom is 0.125 e. The highest BCUT2D eigenvalue weighted by Gasteiger charge is 2.08. The molecule has 1 heterocycles. The van der Waals surface area contributed by atoms with Gasteiger partial charge in [-0.15, -0.1) is 0 Å². The predicted octanol–water partition coefficient (Wildman–Crippen LogP) is 3.99. The van der Waals surface area contributed by atoms with Crippen molar-refractivity contribution in [3.05, 3.63) is 48.3 Å². The van der Waals surface area contributed by atoms with Gasteiger partial charge in [0.05, 0.1) is 14.2 Å². The molecule has 0 aliphatic carbocycles. The normalized spacial score (nSPS) is 10.8. The molecule has 3 aromatic rings. The van der Waals surface area contributed by atoms with E-state index in [-0.39, 0.29) is 5.82 Å². The molecule has 0 aliphatic rings. The van der Waals surface area contributed by atoms with E-state index in [0.29, 0.717) is 11.5 Å². The zero-order valence-electron chi connectivity index (χ0n) is 11.2. The van der Waals surface area contributed by atoms with Crippen LogP contribution in [0.3, 0.4) is 0 Å². The molecule has 0 radical (unpaired) electrons. The first-order valence-corrected chi connectivity index (χ1v) is 6.21. The van der Waals surface area contributed by atoms with Crippen LogP contribution in [0.15, 0.2) is 42.5 Å². The Morgan fingerprint density at radius 3 is 2.25 bits per heavy atom. The van der Waals surface area contributed by atoms with Gasteiger partial charge in [0, 0.05) is 28.2 Å². The molecule has 0 fully saturated rings. The molecule has 0 bridgehead atoms. The van der Waals surface area contributed by atoms with Gasteiger partial charge in [-0.2, -0.15) is 0 Å². The third kappa shape index (κ3) is 2.20. The van der Waals surface area contributed by atoms with E-state index in [1.54, 1.807) is 20.3 Å². The van der Waals surface area contributed by atoms with Crippen LogP contribution in [0.4, 0.5) is 4.39 Å². The average Bonchev–Trinajstić information content (AvgIpc) is 2.89. The SMILES string of the molecule is COc1cc(OC)cc(-c2cc3ccc(F)cc3[nH]2)c1. The Kier molecular flexibility index (Phi) is 3.06. The van der Waals surface area contributed by atoms with Crippen LogP contribution in [0.5, 0.6) is 11.5 Å². The quantitative estimate of drug-likeness (QED) is 0.781. The number of H-pyrrole nitrogens is 1. The van der Waals surface area contributed by atoms with Gasteiger partial charge >= 0.3 is 0 Å². The Morgan fingerprint density at radius 1 is 0.900 bits per heavy atom. The summed E-state index contributed by atoms with van der Waals surface area (Å²) in [5.74, 6) is 1.17. The molecule has 4 heteroatoms. The summed E-state index contributed by atoms with van der Waals surface area (Å²) in [5.41, 5.74) is 2.59. The minimum absolute atomic E-state index is 0.255. The molecule has 0 saturated carbocycles. The lowest BCUT2D eigenvalue weighted by Gasteiger charge is -2.07. The second-order valence-corrected chi connectivity index (χ2v) is 4.52. The van der Waals surface area contributed by atoms with Gasteiger partial charge in [0.2, 0.25) is 0 Å². The molecule has 3 nitrogen and oxygen atoms in total. The lowest BCUT2D eigenvalue weighted by Crippen LogP contribution is -1.88. The standard InChI is InChI=1S/C16H14FNO2/c1-19-13-5-11(6-14(9-13)20-2)15-7-10-3-4-12(17)8-16(10)18-15/h3-9,18H,1-2H3. The summed E-state index contributed by atoms with van der Waals surface area (Å²) in [7, 11) is 3.22. The summed E-state index contributed by atoms with van der Waals surface area (Å²) in [6.45, 7) is 0. The maximum atomic E-state index is 13.2. The number of halogens is 1. The van der Waals surface area contributed by atoms with Crippen molar-refractivity contribution in [2.45, 2.75) is 0 Å². The number of ether oxygens (including phenoxy) is 2. The van der Waals surface area contributed by atoms with Gasteiger partial charge in [-0.05, 0) is 36.4 Å². The van der Waals surface area contributed by atoms with Crippen LogP contribution < -0.4 is 9.47 Å². The van der Waals surface area contributed by atoms with Crippen molar-refractivity contribution >= 4 is 10.9 Å². The van der Waals surface area contributed by atoms with Crippen molar-refractivity contribution in [1.82, 2.24) is 4.98 Å². The molecule has 1 aromatic heterocycles. The first kappa shape index (κ1) is 12.5. The van der Waals surface area contributed by atoms with Gasteiger partial charge < -0.3 is 14.5 Å². The number of benzene rings is 2. The first-order chi connectivity index (χ1) is 9.69. The fraction of sp³-hybridized carbons (Fsp3) is 0.125. The molecule has 0 amide bonds. The summed E-state index contributed by atoms with van der Waals surface area (Å²) in [6.07, 6.45) is 0. The Morgan fingerprint density at radius 2 is 1.60 bits per heavy atom. The molecule has 1 N–H and O–H groups in total. The predicted molar refractivity (Wildman–Crippen MR) is 76.8 cm³/mol. The topological polar surface area (TPSA) is 34.2 Å². The lowest BCUT2D eigenvalue weighted by atomic mass is 10.1. The van der Waals surface area contributed by atoms with Crippen LogP contribution >= 0.6 is 0 Å². The van der Waals surface area contributed by atoms with Gasteiger partial charge in [0.15, 0.2) is 0 Å². The van der Waals surface area contributed by atoms with Crippen LogP contribution in [0, 0.1) is 5.82 Å². The number of rotatable bonds is 3. The van der Waals surface area contributed by atoms with E-state index in [0.717, 1.165) is 22.2 Å². The summed E-state index contributed by atoms with van der Waals surface area (Å²) < 4.78 is 23.7. The number of fused-ring (bicyclic) bond motifs is 1. The van der Waals surface area contributed by atoms with Crippen molar-refractivity contribution in [3.63, 3.8) is 0 Å². The van der Waals surface area contributed by atoms with Crippen molar-refractivity contribution < 1.29 is 13.9 Å². The van der Waals surface area contributed by atoms with Gasteiger partial charge in [-0.3, -0.25) is 0 Å². The number of hydrogen-bond donors (Lipinski definition) is 1.